The van der Waals surface area contributed by atoms with E-state index in [-0.39, 0.29) is 23.8 Å². The Hall–Kier alpha value is -1.78. The van der Waals surface area contributed by atoms with Crippen LogP contribution < -0.4 is 15.5 Å². The van der Waals surface area contributed by atoms with Gasteiger partial charge in [-0.25, -0.2) is 0 Å². The van der Waals surface area contributed by atoms with Gasteiger partial charge in [-0.2, -0.15) is 0 Å². The van der Waals surface area contributed by atoms with Crippen LogP contribution in [0, 0.1) is 12.8 Å². The van der Waals surface area contributed by atoms with Crippen molar-refractivity contribution in [1.29, 1.82) is 0 Å². The van der Waals surface area contributed by atoms with Crippen molar-refractivity contribution < 1.29 is 9.53 Å². The quantitative estimate of drug-likeness (QED) is 0.820. The number of amides is 1. The van der Waals surface area contributed by atoms with Gasteiger partial charge in [-0.1, -0.05) is 13.8 Å². The average molecular weight is 238 g/mol. The van der Waals surface area contributed by atoms with Crippen molar-refractivity contribution in [2.24, 2.45) is 5.92 Å². The van der Waals surface area contributed by atoms with Gasteiger partial charge in [0.15, 0.2) is 11.3 Å². The molecule has 0 fully saturated rings. The molecule has 2 N–H and O–H groups in total. The van der Waals surface area contributed by atoms with Crippen LogP contribution in [0.1, 0.15) is 25.1 Å². The topological polar surface area (TPSA) is 71.2 Å². The third kappa shape index (κ3) is 3.34. The zero-order chi connectivity index (χ0) is 13.0. The van der Waals surface area contributed by atoms with Crippen LogP contribution in [-0.4, -0.2) is 18.0 Å². The minimum atomic E-state index is -0.137. The molecule has 0 unspecified atom stereocenters. The summed E-state index contributed by atoms with van der Waals surface area (Å²) in [4.78, 5) is 26.1. The smallest absolute Gasteiger partial charge is 0.222 e. The van der Waals surface area contributed by atoms with Crippen LogP contribution in [0.2, 0.25) is 0 Å². The van der Waals surface area contributed by atoms with Gasteiger partial charge >= 0.3 is 0 Å². The van der Waals surface area contributed by atoms with E-state index in [0.29, 0.717) is 17.1 Å². The number of hydrogen-bond donors (Lipinski definition) is 2. The first kappa shape index (κ1) is 13.3. The number of aromatic nitrogens is 1. The second-order valence-corrected chi connectivity index (χ2v) is 4.18. The van der Waals surface area contributed by atoms with Gasteiger partial charge in [0.05, 0.1) is 7.11 Å². The SMILES string of the molecule is COc1cc(=O)c(CNC(=O)C(C)C)c(C)[nH]1. The summed E-state index contributed by atoms with van der Waals surface area (Å²) in [5.74, 6) is 0.263. The molecule has 0 atom stereocenters. The van der Waals surface area contributed by atoms with Gasteiger partial charge < -0.3 is 15.0 Å². The number of H-pyrrole nitrogens is 1. The first-order valence-electron chi connectivity index (χ1n) is 5.50. The Balaban J connectivity index is 2.86. The highest BCUT2D eigenvalue weighted by Gasteiger charge is 2.10. The molecule has 5 nitrogen and oxygen atoms in total. The Bertz CT molecular complexity index is 463. The molecule has 0 saturated heterocycles. The highest BCUT2D eigenvalue weighted by atomic mass is 16.5. The molecular weight excluding hydrogens is 220 g/mol. The molecule has 1 amide bonds. The van der Waals surface area contributed by atoms with Crippen molar-refractivity contribution in [3.63, 3.8) is 0 Å². The number of carbonyl (C=O) groups excluding carboxylic acids is 1. The van der Waals surface area contributed by atoms with Gasteiger partial charge in [0.25, 0.3) is 0 Å². The van der Waals surface area contributed by atoms with E-state index in [1.54, 1.807) is 20.8 Å². The van der Waals surface area contributed by atoms with Gasteiger partial charge in [0.1, 0.15) is 0 Å². The van der Waals surface area contributed by atoms with Crippen molar-refractivity contribution >= 4 is 5.91 Å². The van der Waals surface area contributed by atoms with E-state index < -0.39 is 0 Å². The number of aromatic amines is 1. The molecule has 0 aromatic carbocycles. The number of aryl methyl sites for hydroxylation is 1. The summed E-state index contributed by atoms with van der Waals surface area (Å²) in [6, 6.07) is 1.38. The summed E-state index contributed by atoms with van der Waals surface area (Å²) in [6.07, 6.45) is 0. The number of methoxy groups -OCH3 is 1. The maximum atomic E-state index is 11.8. The van der Waals surface area contributed by atoms with Gasteiger partial charge in [-0.05, 0) is 6.92 Å². The molecule has 1 heterocycles. The highest BCUT2D eigenvalue weighted by Crippen LogP contribution is 2.07. The number of pyridine rings is 1. The average Bonchev–Trinajstić information content (AvgIpc) is 2.27. The van der Waals surface area contributed by atoms with Crippen LogP contribution in [0.5, 0.6) is 5.88 Å². The van der Waals surface area contributed by atoms with E-state index in [4.69, 9.17) is 4.74 Å². The lowest BCUT2D eigenvalue weighted by atomic mass is 10.1. The van der Waals surface area contributed by atoms with Crippen LogP contribution in [0.25, 0.3) is 0 Å². The summed E-state index contributed by atoms with van der Waals surface area (Å²) < 4.78 is 4.95. The highest BCUT2D eigenvalue weighted by molar-refractivity contribution is 5.77. The molecular formula is C12H18N2O3. The zero-order valence-electron chi connectivity index (χ0n) is 10.6. The van der Waals surface area contributed by atoms with Crippen molar-refractivity contribution in [2.45, 2.75) is 27.3 Å². The Labute approximate surface area is 100 Å². The van der Waals surface area contributed by atoms with E-state index in [9.17, 15) is 9.59 Å². The maximum absolute atomic E-state index is 11.8. The second-order valence-electron chi connectivity index (χ2n) is 4.18. The lowest BCUT2D eigenvalue weighted by Gasteiger charge is -2.10. The summed E-state index contributed by atoms with van der Waals surface area (Å²) in [5, 5.41) is 2.72. The molecule has 1 aromatic heterocycles. The van der Waals surface area contributed by atoms with E-state index >= 15 is 0 Å². The van der Waals surface area contributed by atoms with Crippen molar-refractivity contribution in [3.8, 4) is 5.88 Å². The zero-order valence-corrected chi connectivity index (χ0v) is 10.6. The fourth-order valence-corrected chi connectivity index (χ4v) is 1.40. The Morgan fingerprint density at radius 2 is 2.18 bits per heavy atom. The number of rotatable bonds is 4. The number of nitrogens with one attached hydrogen (secondary N) is 2. The third-order valence-electron chi connectivity index (χ3n) is 2.51. The Kier molecular flexibility index (Phi) is 4.31. The molecule has 0 aliphatic carbocycles. The van der Waals surface area contributed by atoms with E-state index in [1.807, 2.05) is 0 Å². The molecule has 0 saturated carbocycles. The molecule has 0 aliphatic rings. The third-order valence-corrected chi connectivity index (χ3v) is 2.51. The summed E-state index contributed by atoms with van der Waals surface area (Å²) in [6.45, 7) is 5.63. The molecule has 94 valence electrons. The molecule has 17 heavy (non-hydrogen) atoms. The second kappa shape index (κ2) is 5.52. The Morgan fingerprint density at radius 3 is 2.65 bits per heavy atom. The lowest BCUT2D eigenvalue weighted by molar-refractivity contribution is -0.124. The lowest BCUT2D eigenvalue weighted by Crippen LogP contribution is -2.30. The van der Waals surface area contributed by atoms with Gasteiger partial charge in [-0.15, -0.1) is 0 Å². The molecule has 0 spiro atoms. The molecule has 1 rings (SSSR count). The summed E-state index contributed by atoms with van der Waals surface area (Å²) in [5.41, 5.74) is 1.13. The number of carbonyl (C=O) groups is 1. The van der Waals surface area contributed by atoms with Gasteiger partial charge in [-0.3, -0.25) is 9.59 Å². The minimum Gasteiger partial charge on any atom is -0.482 e. The van der Waals surface area contributed by atoms with E-state index in [0.717, 1.165) is 0 Å². The van der Waals surface area contributed by atoms with Gasteiger partial charge in [0, 0.05) is 29.8 Å². The molecule has 1 aromatic rings. The Morgan fingerprint density at radius 1 is 1.53 bits per heavy atom. The van der Waals surface area contributed by atoms with Crippen molar-refractivity contribution in [3.05, 3.63) is 27.5 Å². The predicted octanol–water partition coefficient (Wildman–Crippen LogP) is 0.964. The van der Waals surface area contributed by atoms with Crippen LogP contribution in [0.4, 0.5) is 0 Å². The number of ether oxygens (including phenoxy) is 1. The predicted molar refractivity (Wildman–Crippen MR) is 65.0 cm³/mol. The normalized spacial score (nSPS) is 10.4. The summed E-state index contributed by atoms with van der Waals surface area (Å²) >= 11 is 0. The summed E-state index contributed by atoms with van der Waals surface area (Å²) in [7, 11) is 1.49. The van der Waals surface area contributed by atoms with Crippen molar-refractivity contribution in [2.75, 3.05) is 7.11 Å². The maximum Gasteiger partial charge on any atom is 0.222 e. The van der Waals surface area contributed by atoms with E-state index in [2.05, 4.69) is 10.3 Å². The standard InChI is InChI=1S/C12H18N2O3/c1-7(2)12(16)13-6-9-8(3)14-11(17-4)5-10(9)15/h5,7H,6H2,1-4H3,(H,13,16)(H,14,15). The van der Waals surface area contributed by atoms with Crippen LogP contribution in [-0.2, 0) is 11.3 Å². The van der Waals surface area contributed by atoms with Crippen molar-refractivity contribution in [1.82, 2.24) is 10.3 Å². The number of hydrogen-bond acceptors (Lipinski definition) is 3. The largest absolute Gasteiger partial charge is 0.482 e. The monoisotopic (exact) mass is 238 g/mol. The fourth-order valence-electron chi connectivity index (χ4n) is 1.40. The molecule has 0 aliphatic heterocycles. The first-order chi connectivity index (χ1) is 7.95. The first-order valence-corrected chi connectivity index (χ1v) is 5.50. The molecule has 0 bridgehead atoms. The van der Waals surface area contributed by atoms with Crippen LogP contribution in [0.15, 0.2) is 10.9 Å². The van der Waals surface area contributed by atoms with Gasteiger partial charge in [0.2, 0.25) is 5.91 Å². The molecule has 5 heteroatoms. The molecule has 0 radical (unpaired) electrons. The fraction of sp³-hybridized carbons (Fsp3) is 0.500. The van der Waals surface area contributed by atoms with Crippen LogP contribution in [0.3, 0.4) is 0 Å². The van der Waals surface area contributed by atoms with E-state index in [1.165, 1.54) is 13.2 Å². The van der Waals surface area contributed by atoms with Crippen LogP contribution >= 0.6 is 0 Å². The minimum absolute atomic E-state index is 0.0698.